The van der Waals surface area contributed by atoms with Crippen LogP contribution in [0.4, 0.5) is 5.69 Å². The summed E-state index contributed by atoms with van der Waals surface area (Å²) in [5.74, 6) is 0.308. The average molecular weight is 356 g/mol. The van der Waals surface area contributed by atoms with E-state index >= 15 is 0 Å². The topological polar surface area (TPSA) is 49.2 Å². The normalized spacial score (nSPS) is 14.1. The van der Waals surface area contributed by atoms with Crippen LogP contribution in [0.5, 0.6) is 5.75 Å². The average Bonchev–Trinajstić information content (AvgIpc) is 2.54. The first-order valence-electron chi connectivity index (χ1n) is 7.17. The molecule has 1 aromatic heterocycles. The molecule has 5 heteroatoms. The van der Waals surface area contributed by atoms with E-state index in [0.29, 0.717) is 12.3 Å². The van der Waals surface area contributed by atoms with E-state index < -0.39 is 0 Å². The maximum atomic E-state index is 10.4. The molecule has 3 aromatic rings. The largest absolute Gasteiger partial charge is 0.506 e. The van der Waals surface area contributed by atoms with Crippen molar-refractivity contribution in [3.63, 3.8) is 0 Å². The third-order valence-corrected chi connectivity index (χ3v) is 4.84. The zero-order chi connectivity index (χ0) is 15.1. The Hall–Kier alpha value is -2.14. The minimum Gasteiger partial charge on any atom is -0.506 e. The van der Waals surface area contributed by atoms with Gasteiger partial charge in [-0.2, -0.15) is 0 Å². The monoisotopic (exact) mass is 355 g/mol. The van der Waals surface area contributed by atoms with Crippen molar-refractivity contribution in [3.05, 3.63) is 58.6 Å². The Bertz CT molecular complexity index is 866. The predicted molar refractivity (Wildman–Crippen MR) is 90.1 cm³/mol. The van der Waals surface area contributed by atoms with E-state index in [9.17, 15) is 5.11 Å². The fourth-order valence-electron chi connectivity index (χ4n) is 3.07. The number of aromatic hydroxyl groups is 1. The van der Waals surface area contributed by atoms with Gasteiger partial charge >= 0.3 is 0 Å². The number of rotatable bonds is 1. The van der Waals surface area contributed by atoms with E-state index in [0.717, 1.165) is 39.6 Å². The summed E-state index contributed by atoms with van der Waals surface area (Å²) in [4.78, 5) is 10.7. The molecule has 1 aliphatic rings. The van der Waals surface area contributed by atoms with Gasteiger partial charge in [-0.15, -0.1) is 0 Å². The summed E-state index contributed by atoms with van der Waals surface area (Å²) in [5.41, 5.74) is 3.11. The van der Waals surface area contributed by atoms with Crippen molar-refractivity contribution in [1.82, 2.24) is 9.97 Å². The minimum absolute atomic E-state index is 0.308. The lowest BCUT2D eigenvalue weighted by Gasteiger charge is -2.31. The number of anilines is 1. The van der Waals surface area contributed by atoms with Crippen LogP contribution < -0.4 is 4.90 Å². The SMILES string of the molecule is Oc1ccc2c(Br)cccc2c1N1CCc2cncnc2C1. The zero-order valence-electron chi connectivity index (χ0n) is 11.8. The molecule has 110 valence electrons. The van der Waals surface area contributed by atoms with E-state index in [1.54, 1.807) is 12.4 Å². The number of aromatic nitrogens is 2. The number of hydrogen-bond donors (Lipinski definition) is 1. The third kappa shape index (κ3) is 2.13. The van der Waals surface area contributed by atoms with Gasteiger partial charge in [0.1, 0.15) is 12.1 Å². The van der Waals surface area contributed by atoms with Crippen LogP contribution in [-0.2, 0) is 13.0 Å². The fraction of sp³-hybridized carbons (Fsp3) is 0.176. The zero-order valence-corrected chi connectivity index (χ0v) is 13.4. The van der Waals surface area contributed by atoms with Gasteiger partial charge in [-0.1, -0.05) is 28.1 Å². The van der Waals surface area contributed by atoms with Gasteiger partial charge in [0.2, 0.25) is 0 Å². The first kappa shape index (κ1) is 13.5. The fourth-order valence-corrected chi connectivity index (χ4v) is 3.56. The highest BCUT2D eigenvalue weighted by atomic mass is 79.9. The summed E-state index contributed by atoms with van der Waals surface area (Å²) in [5, 5.41) is 12.6. The van der Waals surface area contributed by atoms with Crippen LogP contribution >= 0.6 is 15.9 Å². The molecule has 0 bridgehead atoms. The molecule has 0 fully saturated rings. The second-order valence-corrected chi connectivity index (χ2v) is 6.29. The highest BCUT2D eigenvalue weighted by Crippen LogP contribution is 2.39. The summed E-state index contributed by atoms with van der Waals surface area (Å²) in [6, 6.07) is 9.76. The van der Waals surface area contributed by atoms with Crippen molar-refractivity contribution in [1.29, 1.82) is 0 Å². The van der Waals surface area contributed by atoms with Crippen LogP contribution in [0, 0.1) is 0 Å². The van der Waals surface area contributed by atoms with Crippen molar-refractivity contribution in [2.24, 2.45) is 0 Å². The van der Waals surface area contributed by atoms with Crippen LogP contribution in [0.1, 0.15) is 11.3 Å². The van der Waals surface area contributed by atoms with E-state index in [4.69, 9.17) is 0 Å². The molecular weight excluding hydrogens is 342 g/mol. The van der Waals surface area contributed by atoms with Gasteiger partial charge in [-0.3, -0.25) is 0 Å². The number of phenols is 1. The number of benzene rings is 2. The number of fused-ring (bicyclic) bond motifs is 2. The van der Waals surface area contributed by atoms with Crippen molar-refractivity contribution in [3.8, 4) is 5.75 Å². The predicted octanol–water partition coefficient (Wildman–Crippen LogP) is 3.66. The quantitative estimate of drug-likeness (QED) is 0.723. The molecule has 0 aliphatic carbocycles. The van der Waals surface area contributed by atoms with Gasteiger partial charge < -0.3 is 10.0 Å². The summed E-state index contributed by atoms with van der Waals surface area (Å²) >= 11 is 3.58. The summed E-state index contributed by atoms with van der Waals surface area (Å²) in [6.07, 6.45) is 4.36. The van der Waals surface area contributed by atoms with E-state index in [1.807, 2.05) is 30.5 Å². The molecule has 1 aliphatic heterocycles. The number of nitrogens with zero attached hydrogens (tertiary/aromatic N) is 3. The molecule has 2 heterocycles. The van der Waals surface area contributed by atoms with Crippen LogP contribution in [0.2, 0.25) is 0 Å². The number of halogens is 1. The van der Waals surface area contributed by atoms with Gasteiger partial charge in [0.25, 0.3) is 0 Å². The molecule has 0 atom stereocenters. The summed E-state index contributed by atoms with van der Waals surface area (Å²) < 4.78 is 1.03. The molecule has 2 aromatic carbocycles. The second kappa shape index (κ2) is 5.25. The maximum absolute atomic E-state index is 10.4. The summed E-state index contributed by atoms with van der Waals surface area (Å²) in [7, 11) is 0. The van der Waals surface area contributed by atoms with Gasteiger partial charge in [0, 0.05) is 22.6 Å². The van der Waals surface area contributed by atoms with E-state index in [2.05, 4.69) is 30.8 Å². The van der Waals surface area contributed by atoms with Crippen LogP contribution in [0.3, 0.4) is 0 Å². The third-order valence-electron chi connectivity index (χ3n) is 4.15. The summed E-state index contributed by atoms with van der Waals surface area (Å²) in [6.45, 7) is 1.54. The van der Waals surface area contributed by atoms with Crippen molar-refractivity contribution >= 4 is 32.4 Å². The van der Waals surface area contributed by atoms with Crippen LogP contribution in [0.15, 0.2) is 47.3 Å². The van der Waals surface area contributed by atoms with Gasteiger partial charge in [0.05, 0.1) is 17.9 Å². The smallest absolute Gasteiger partial charge is 0.139 e. The Labute approximate surface area is 136 Å². The molecule has 22 heavy (non-hydrogen) atoms. The minimum atomic E-state index is 0.308. The molecule has 0 saturated carbocycles. The Morgan fingerprint density at radius 3 is 2.95 bits per heavy atom. The highest BCUT2D eigenvalue weighted by molar-refractivity contribution is 9.10. The number of hydrogen-bond acceptors (Lipinski definition) is 4. The van der Waals surface area contributed by atoms with Crippen LogP contribution in [-0.4, -0.2) is 21.6 Å². The number of phenolic OH excluding ortho intramolecular Hbond substituents is 1. The maximum Gasteiger partial charge on any atom is 0.139 e. The molecule has 0 amide bonds. The van der Waals surface area contributed by atoms with Gasteiger partial charge in [-0.05, 0) is 35.6 Å². The van der Waals surface area contributed by atoms with Crippen molar-refractivity contribution in [2.75, 3.05) is 11.4 Å². The molecule has 0 radical (unpaired) electrons. The first-order chi connectivity index (χ1) is 10.7. The Morgan fingerprint density at radius 1 is 1.14 bits per heavy atom. The van der Waals surface area contributed by atoms with E-state index in [-0.39, 0.29) is 0 Å². The van der Waals surface area contributed by atoms with Crippen molar-refractivity contribution in [2.45, 2.75) is 13.0 Å². The molecular formula is C17H14BrN3O. The van der Waals surface area contributed by atoms with Gasteiger partial charge in [-0.25, -0.2) is 9.97 Å². The molecule has 0 unspecified atom stereocenters. The Balaban J connectivity index is 1.85. The molecule has 1 N–H and O–H groups in total. The van der Waals surface area contributed by atoms with E-state index in [1.165, 1.54) is 5.56 Å². The van der Waals surface area contributed by atoms with Crippen LogP contribution in [0.25, 0.3) is 10.8 Å². The lowest BCUT2D eigenvalue weighted by Crippen LogP contribution is -2.31. The molecule has 4 nitrogen and oxygen atoms in total. The molecule has 4 rings (SSSR count). The molecule has 0 saturated heterocycles. The lowest BCUT2D eigenvalue weighted by atomic mass is 10.0. The van der Waals surface area contributed by atoms with Crippen molar-refractivity contribution < 1.29 is 5.11 Å². The Kier molecular flexibility index (Phi) is 3.22. The first-order valence-corrected chi connectivity index (χ1v) is 7.96. The highest BCUT2D eigenvalue weighted by Gasteiger charge is 2.22. The lowest BCUT2D eigenvalue weighted by molar-refractivity contribution is 0.473. The molecule has 0 spiro atoms. The second-order valence-electron chi connectivity index (χ2n) is 5.43. The van der Waals surface area contributed by atoms with Gasteiger partial charge in [0.15, 0.2) is 0 Å². The standard InChI is InChI=1S/C17H14BrN3O/c18-14-3-1-2-13-12(14)4-5-16(22)17(13)21-7-6-11-8-19-10-20-15(11)9-21/h1-5,8,10,22H,6-7,9H2. The Morgan fingerprint density at radius 2 is 2.05 bits per heavy atom.